The second kappa shape index (κ2) is 5.38. The average molecular weight is 265 g/mol. The fraction of sp³-hybridized carbons (Fsp3) is 0.615. The van der Waals surface area contributed by atoms with Gasteiger partial charge in [-0.1, -0.05) is 0 Å². The predicted octanol–water partition coefficient (Wildman–Crippen LogP) is 0.442. The van der Waals surface area contributed by atoms with E-state index in [-0.39, 0.29) is 11.8 Å². The molecule has 2 aliphatic rings. The molecule has 5 heteroatoms. The second-order valence-electron chi connectivity index (χ2n) is 5.04. The Kier molecular flexibility index (Phi) is 3.63. The summed E-state index contributed by atoms with van der Waals surface area (Å²) in [5.74, 6) is 0.414. The molecule has 0 aliphatic carbocycles. The van der Waals surface area contributed by atoms with Gasteiger partial charge in [-0.15, -0.1) is 11.3 Å². The first-order valence-electron chi connectivity index (χ1n) is 6.59. The standard InChI is InChI=1S/C13H19N3OS/c17-13(11-7-14-8-11)15-3-5-16-4-1-12-10(9-16)2-6-18-12/h2,6,11,14H,1,3-5,7-9H2,(H,15,17). The molecule has 1 aromatic heterocycles. The zero-order chi connectivity index (χ0) is 12.4. The number of hydrogen-bond acceptors (Lipinski definition) is 4. The van der Waals surface area contributed by atoms with Crippen molar-refractivity contribution in [2.24, 2.45) is 5.92 Å². The normalized spacial score (nSPS) is 20.2. The molecule has 1 fully saturated rings. The van der Waals surface area contributed by atoms with E-state index in [1.165, 1.54) is 10.4 Å². The van der Waals surface area contributed by atoms with Crippen LogP contribution in [0.3, 0.4) is 0 Å². The second-order valence-corrected chi connectivity index (χ2v) is 6.04. The Hall–Kier alpha value is -0.910. The molecule has 1 amide bonds. The van der Waals surface area contributed by atoms with Crippen LogP contribution < -0.4 is 10.6 Å². The summed E-state index contributed by atoms with van der Waals surface area (Å²) in [6, 6.07) is 2.23. The van der Waals surface area contributed by atoms with Crippen LogP contribution in [0.2, 0.25) is 0 Å². The summed E-state index contributed by atoms with van der Waals surface area (Å²) >= 11 is 1.87. The maximum atomic E-state index is 11.7. The van der Waals surface area contributed by atoms with Crippen molar-refractivity contribution in [3.05, 3.63) is 21.9 Å². The third-order valence-corrected chi connectivity index (χ3v) is 4.79. The number of rotatable bonds is 4. The number of hydrogen-bond donors (Lipinski definition) is 2. The predicted molar refractivity (Wildman–Crippen MR) is 72.7 cm³/mol. The van der Waals surface area contributed by atoms with Crippen LogP contribution in [0.15, 0.2) is 11.4 Å². The lowest BCUT2D eigenvalue weighted by molar-refractivity contribution is -0.126. The van der Waals surface area contributed by atoms with Gasteiger partial charge in [-0.2, -0.15) is 0 Å². The number of nitrogens with zero attached hydrogens (tertiary/aromatic N) is 1. The summed E-state index contributed by atoms with van der Waals surface area (Å²) in [5.41, 5.74) is 1.47. The van der Waals surface area contributed by atoms with Crippen molar-refractivity contribution in [2.75, 3.05) is 32.7 Å². The molecule has 98 valence electrons. The van der Waals surface area contributed by atoms with Gasteiger partial charge in [0.05, 0.1) is 5.92 Å². The topological polar surface area (TPSA) is 44.4 Å². The molecule has 1 saturated heterocycles. The molecule has 2 N–H and O–H groups in total. The van der Waals surface area contributed by atoms with E-state index >= 15 is 0 Å². The maximum absolute atomic E-state index is 11.7. The molecule has 0 bridgehead atoms. The summed E-state index contributed by atoms with van der Waals surface area (Å²) in [5, 5.41) is 8.33. The molecular formula is C13H19N3OS. The van der Waals surface area contributed by atoms with E-state index in [2.05, 4.69) is 27.0 Å². The molecule has 3 heterocycles. The average Bonchev–Trinajstić information content (AvgIpc) is 2.73. The molecule has 0 saturated carbocycles. The van der Waals surface area contributed by atoms with Gasteiger partial charge in [0.15, 0.2) is 0 Å². The Labute approximate surface area is 111 Å². The Morgan fingerprint density at radius 2 is 2.44 bits per heavy atom. The molecule has 0 atom stereocenters. The molecule has 18 heavy (non-hydrogen) atoms. The van der Waals surface area contributed by atoms with Gasteiger partial charge in [-0.25, -0.2) is 0 Å². The van der Waals surface area contributed by atoms with Crippen molar-refractivity contribution in [1.29, 1.82) is 0 Å². The highest BCUT2D eigenvalue weighted by molar-refractivity contribution is 7.10. The number of thiophene rings is 1. The van der Waals surface area contributed by atoms with E-state index in [4.69, 9.17) is 0 Å². The monoisotopic (exact) mass is 265 g/mol. The highest BCUT2D eigenvalue weighted by atomic mass is 32.1. The zero-order valence-corrected chi connectivity index (χ0v) is 11.3. The summed E-state index contributed by atoms with van der Waals surface area (Å²) in [6.07, 6.45) is 1.16. The quantitative estimate of drug-likeness (QED) is 0.830. The van der Waals surface area contributed by atoms with Crippen molar-refractivity contribution in [3.63, 3.8) is 0 Å². The van der Waals surface area contributed by atoms with Crippen molar-refractivity contribution in [3.8, 4) is 0 Å². The summed E-state index contributed by atoms with van der Waals surface area (Å²) in [7, 11) is 0. The lowest BCUT2D eigenvalue weighted by atomic mass is 10.0. The fourth-order valence-corrected chi connectivity index (χ4v) is 3.34. The van der Waals surface area contributed by atoms with E-state index in [0.29, 0.717) is 0 Å². The smallest absolute Gasteiger partial charge is 0.225 e. The van der Waals surface area contributed by atoms with Crippen LogP contribution in [-0.4, -0.2) is 43.5 Å². The Bertz CT molecular complexity index is 428. The van der Waals surface area contributed by atoms with Crippen molar-refractivity contribution in [1.82, 2.24) is 15.5 Å². The number of amides is 1. The molecule has 4 nitrogen and oxygen atoms in total. The van der Waals surface area contributed by atoms with E-state index in [1.807, 2.05) is 11.3 Å². The first kappa shape index (κ1) is 12.1. The zero-order valence-electron chi connectivity index (χ0n) is 10.4. The van der Waals surface area contributed by atoms with Crippen molar-refractivity contribution >= 4 is 17.2 Å². The van der Waals surface area contributed by atoms with E-state index in [9.17, 15) is 4.79 Å². The summed E-state index contributed by atoms with van der Waals surface area (Å²) < 4.78 is 0. The van der Waals surface area contributed by atoms with Crippen LogP contribution in [0.5, 0.6) is 0 Å². The highest BCUT2D eigenvalue weighted by Gasteiger charge is 2.24. The first-order valence-corrected chi connectivity index (χ1v) is 7.47. The summed E-state index contributed by atoms with van der Waals surface area (Å²) in [4.78, 5) is 15.6. The van der Waals surface area contributed by atoms with E-state index in [1.54, 1.807) is 0 Å². The number of nitrogens with one attached hydrogen (secondary N) is 2. The van der Waals surface area contributed by atoms with E-state index < -0.39 is 0 Å². The maximum Gasteiger partial charge on any atom is 0.225 e. The van der Waals surface area contributed by atoms with Gasteiger partial charge in [0.25, 0.3) is 0 Å². The van der Waals surface area contributed by atoms with Gasteiger partial charge in [0.1, 0.15) is 0 Å². The van der Waals surface area contributed by atoms with Crippen LogP contribution in [0.25, 0.3) is 0 Å². The molecular weight excluding hydrogens is 246 g/mol. The van der Waals surface area contributed by atoms with Gasteiger partial charge < -0.3 is 10.6 Å². The number of carbonyl (C=O) groups is 1. The molecule has 1 aromatic rings. The van der Waals surface area contributed by atoms with Crippen LogP contribution in [0.1, 0.15) is 10.4 Å². The molecule has 0 radical (unpaired) electrons. The molecule has 2 aliphatic heterocycles. The Morgan fingerprint density at radius 3 is 3.22 bits per heavy atom. The SMILES string of the molecule is O=C(NCCN1CCc2sccc2C1)C1CNC1. The third kappa shape index (κ3) is 2.58. The Morgan fingerprint density at radius 1 is 1.56 bits per heavy atom. The third-order valence-electron chi connectivity index (χ3n) is 3.77. The van der Waals surface area contributed by atoms with Gasteiger partial charge in [-0.3, -0.25) is 9.69 Å². The first-order chi connectivity index (χ1) is 8.83. The lowest BCUT2D eigenvalue weighted by Crippen LogP contribution is -2.51. The fourth-order valence-electron chi connectivity index (χ4n) is 2.45. The number of carbonyl (C=O) groups excluding carboxylic acids is 1. The van der Waals surface area contributed by atoms with E-state index in [0.717, 1.165) is 45.7 Å². The van der Waals surface area contributed by atoms with Gasteiger partial charge in [0.2, 0.25) is 5.91 Å². The molecule has 0 unspecified atom stereocenters. The minimum atomic E-state index is 0.204. The molecule has 0 spiro atoms. The van der Waals surface area contributed by atoms with Crippen LogP contribution in [-0.2, 0) is 17.8 Å². The summed E-state index contributed by atoms with van der Waals surface area (Å²) in [6.45, 7) is 5.58. The van der Waals surface area contributed by atoms with Crippen LogP contribution in [0.4, 0.5) is 0 Å². The molecule has 0 aromatic carbocycles. The minimum Gasteiger partial charge on any atom is -0.354 e. The highest BCUT2D eigenvalue weighted by Crippen LogP contribution is 2.23. The van der Waals surface area contributed by atoms with Gasteiger partial charge in [0, 0.05) is 44.1 Å². The lowest BCUT2D eigenvalue weighted by Gasteiger charge is -2.28. The van der Waals surface area contributed by atoms with Gasteiger partial charge >= 0.3 is 0 Å². The van der Waals surface area contributed by atoms with Crippen LogP contribution >= 0.6 is 11.3 Å². The van der Waals surface area contributed by atoms with Gasteiger partial charge in [-0.05, 0) is 23.4 Å². The van der Waals surface area contributed by atoms with Crippen molar-refractivity contribution < 1.29 is 4.79 Å². The molecule has 3 rings (SSSR count). The van der Waals surface area contributed by atoms with Crippen molar-refractivity contribution in [2.45, 2.75) is 13.0 Å². The Balaban J connectivity index is 1.40. The largest absolute Gasteiger partial charge is 0.354 e. The van der Waals surface area contributed by atoms with Crippen LogP contribution in [0, 0.1) is 5.92 Å². The number of fused-ring (bicyclic) bond motifs is 1. The minimum absolute atomic E-state index is 0.204.